The zero-order chi connectivity index (χ0) is 15.4. The number of benzene rings is 1. The molecule has 0 saturated carbocycles. The number of anilines is 1. The Labute approximate surface area is 125 Å². The Morgan fingerprint density at radius 2 is 2.10 bits per heavy atom. The first-order chi connectivity index (χ1) is 10.1. The van der Waals surface area contributed by atoms with Crippen molar-refractivity contribution in [3.8, 4) is 5.75 Å². The number of rotatable bonds is 4. The van der Waals surface area contributed by atoms with Gasteiger partial charge in [0.25, 0.3) is 0 Å². The molecule has 0 spiro atoms. The highest BCUT2D eigenvalue weighted by Crippen LogP contribution is 2.32. The molecular weight excluding hydrogens is 270 g/mol. The molecule has 1 saturated heterocycles. The topological polar surface area (TPSA) is 59.0 Å². The van der Waals surface area contributed by atoms with Crippen LogP contribution >= 0.6 is 0 Å². The first-order valence-electron chi connectivity index (χ1n) is 7.34. The second kappa shape index (κ2) is 6.80. The van der Waals surface area contributed by atoms with E-state index in [9.17, 15) is 9.90 Å². The van der Waals surface area contributed by atoms with Gasteiger partial charge in [0.15, 0.2) is 0 Å². The molecule has 0 aliphatic carbocycles. The van der Waals surface area contributed by atoms with E-state index in [4.69, 9.17) is 9.47 Å². The highest BCUT2D eigenvalue weighted by molar-refractivity contribution is 5.93. The summed E-state index contributed by atoms with van der Waals surface area (Å²) in [5, 5.41) is 9.95. The number of phenols is 1. The first kappa shape index (κ1) is 15.6. The first-order valence-corrected chi connectivity index (χ1v) is 7.34. The molecule has 0 unspecified atom stereocenters. The van der Waals surface area contributed by atoms with Crippen LogP contribution in [0.15, 0.2) is 12.1 Å². The zero-order valence-electron chi connectivity index (χ0n) is 12.9. The number of aromatic hydroxyl groups is 1. The lowest BCUT2D eigenvalue weighted by atomic mass is 10.0. The van der Waals surface area contributed by atoms with Gasteiger partial charge in [-0.15, -0.1) is 0 Å². The molecule has 2 rings (SSSR count). The minimum absolute atomic E-state index is 0.0847. The van der Waals surface area contributed by atoms with E-state index in [-0.39, 0.29) is 5.75 Å². The Morgan fingerprint density at radius 3 is 2.67 bits per heavy atom. The predicted octanol–water partition coefficient (Wildman–Crippen LogP) is 2.49. The van der Waals surface area contributed by atoms with Crippen molar-refractivity contribution in [2.24, 2.45) is 0 Å². The van der Waals surface area contributed by atoms with Crippen molar-refractivity contribution in [1.82, 2.24) is 0 Å². The molecule has 0 radical (unpaired) electrons. The number of esters is 1. The van der Waals surface area contributed by atoms with E-state index < -0.39 is 5.97 Å². The fraction of sp³-hybridized carbons (Fsp3) is 0.562. The van der Waals surface area contributed by atoms with E-state index in [1.54, 1.807) is 6.07 Å². The lowest BCUT2D eigenvalue weighted by molar-refractivity contribution is 0.0599. The molecule has 1 aliphatic heterocycles. The quantitative estimate of drug-likeness (QED) is 0.864. The number of methoxy groups -OCH3 is 1. The fourth-order valence-corrected chi connectivity index (χ4v) is 2.93. The number of hydrogen-bond acceptors (Lipinski definition) is 5. The summed E-state index contributed by atoms with van der Waals surface area (Å²) >= 11 is 0. The van der Waals surface area contributed by atoms with Gasteiger partial charge >= 0.3 is 5.97 Å². The van der Waals surface area contributed by atoms with E-state index in [0.717, 1.165) is 43.9 Å². The van der Waals surface area contributed by atoms with Gasteiger partial charge in [0.1, 0.15) is 5.75 Å². The minimum atomic E-state index is -0.423. The molecule has 0 aromatic heterocycles. The van der Waals surface area contributed by atoms with Gasteiger partial charge in [-0.3, -0.25) is 0 Å². The van der Waals surface area contributed by atoms with E-state index >= 15 is 0 Å². The lowest BCUT2D eigenvalue weighted by Crippen LogP contribution is -2.40. The van der Waals surface area contributed by atoms with E-state index in [2.05, 4.69) is 11.8 Å². The number of ether oxygens (including phenoxy) is 2. The van der Waals surface area contributed by atoms with E-state index in [1.165, 1.54) is 13.2 Å². The summed E-state index contributed by atoms with van der Waals surface area (Å²) < 4.78 is 10.2. The highest BCUT2D eigenvalue weighted by Gasteiger charge is 2.24. The van der Waals surface area contributed by atoms with Crippen molar-refractivity contribution in [3.63, 3.8) is 0 Å². The molecule has 116 valence electrons. The summed E-state index contributed by atoms with van der Waals surface area (Å²) in [6.07, 6.45) is 1.91. The molecular formula is C16H23NO4. The molecule has 0 bridgehead atoms. The van der Waals surface area contributed by atoms with E-state index in [0.29, 0.717) is 11.6 Å². The van der Waals surface area contributed by atoms with Gasteiger partial charge in [-0.1, -0.05) is 0 Å². The molecule has 1 aromatic rings. The van der Waals surface area contributed by atoms with Crippen LogP contribution in [-0.2, 0) is 9.47 Å². The van der Waals surface area contributed by atoms with Crippen molar-refractivity contribution in [3.05, 3.63) is 23.3 Å². The second-order valence-electron chi connectivity index (χ2n) is 5.26. The Kier molecular flexibility index (Phi) is 5.07. The maximum Gasteiger partial charge on any atom is 0.338 e. The van der Waals surface area contributed by atoms with Gasteiger partial charge in [0.05, 0.1) is 12.7 Å². The molecule has 5 heteroatoms. The predicted molar refractivity (Wildman–Crippen MR) is 81.0 cm³/mol. The van der Waals surface area contributed by atoms with Crippen LogP contribution in [0.3, 0.4) is 0 Å². The van der Waals surface area contributed by atoms with Gasteiger partial charge in [-0.25, -0.2) is 4.79 Å². The fourth-order valence-electron chi connectivity index (χ4n) is 2.93. The summed E-state index contributed by atoms with van der Waals surface area (Å²) in [5.74, 6) is -0.339. The Bertz CT molecular complexity index is 509. The van der Waals surface area contributed by atoms with Crippen molar-refractivity contribution in [1.29, 1.82) is 0 Å². The molecule has 1 N–H and O–H groups in total. The average Bonchev–Trinajstić information content (AvgIpc) is 2.51. The summed E-state index contributed by atoms with van der Waals surface area (Å²) in [6, 6.07) is 3.55. The molecule has 1 aromatic carbocycles. The Balaban J connectivity index is 2.40. The minimum Gasteiger partial charge on any atom is -0.508 e. The van der Waals surface area contributed by atoms with Crippen LogP contribution < -0.4 is 4.90 Å². The molecule has 21 heavy (non-hydrogen) atoms. The van der Waals surface area contributed by atoms with Crippen LogP contribution in [0.1, 0.15) is 35.7 Å². The second-order valence-corrected chi connectivity index (χ2v) is 5.26. The standard InChI is InChI=1S/C16H23NO4/c1-4-17(12-5-7-21-8-6-12)15-10-13(18)9-14(11(15)2)16(19)20-3/h9-10,12,18H,4-8H2,1-3H3. The van der Waals surface area contributed by atoms with Crippen molar-refractivity contribution in [2.45, 2.75) is 32.7 Å². The maximum absolute atomic E-state index is 11.9. The van der Waals surface area contributed by atoms with Crippen LogP contribution in [0.5, 0.6) is 5.75 Å². The molecule has 5 nitrogen and oxygen atoms in total. The van der Waals surface area contributed by atoms with Crippen LogP contribution in [0, 0.1) is 6.92 Å². The highest BCUT2D eigenvalue weighted by atomic mass is 16.5. The van der Waals surface area contributed by atoms with Gasteiger partial charge in [0.2, 0.25) is 0 Å². The third-order valence-corrected chi connectivity index (χ3v) is 4.05. The monoisotopic (exact) mass is 293 g/mol. The van der Waals surface area contributed by atoms with Gasteiger partial charge in [0, 0.05) is 37.6 Å². The molecule has 0 atom stereocenters. The smallest absolute Gasteiger partial charge is 0.338 e. The van der Waals surface area contributed by atoms with Crippen LogP contribution in [0.25, 0.3) is 0 Å². The third kappa shape index (κ3) is 3.29. The van der Waals surface area contributed by atoms with Crippen LogP contribution in [0.4, 0.5) is 5.69 Å². The average molecular weight is 293 g/mol. The van der Waals surface area contributed by atoms with Crippen LogP contribution in [-0.4, -0.2) is 44.0 Å². The summed E-state index contributed by atoms with van der Waals surface area (Å²) in [4.78, 5) is 14.1. The third-order valence-electron chi connectivity index (χ3n) is 4.05. The summed E-state index contributed by atoms with van der Waals surface area (Å²) in [5.41, 5.74) is 2.15. The number of carbonyl (C=O) groups excluding carboxylic acids is 1. The molecule has 1 heterocycles. The summed E-state index contributed by atoms with van der Waals surface area (Å²) in [6.45, 7) is 6.29. The SMILES string of the molecule is CCN(c1cc(O)cc(C(=O)OC)c1C)C1CCOCC1. The largest absolute Gasteiger partial charge is 0.508 e. The Morgan fingerprint density at radius 1 is 1.43 bits per heavy atom. The number of hydrogen-bond donors (Lipinski definition) is 1. The normalized spacial score (nSPS) is 15.8. The maximum atomic E-state index is 11.9. The molecule has 1 fully saturated rings. The molecule has 0 amide bonds. The Hall–Kier alpha value is -1.75. The van der Waals surface area contributed by atoms with Crippen molar-refractivity contribution < 1.29 is 19.4 Å². The van der Waals surface area contributed by atoms with Gasteiger partial charge in [-0.2, -0.15) is 0 Å². The van der Waals surface area contributed by atoms with Crippen molar-refractivity contribution in [2.75, 3.05) is 31.8 Å². The van der Waals surface area contributed by atoms with E-state index in [1.807, 2.05) is 6.92 Å². The molecule has 1 aliphatic rings. The van der Waals surface area contributed by atoms with Crippen LogP contribution in [0.2, 0.25) is 0 Å². The zero-order valence-corrected chi connectivity index (χ0v) is 12.9. The van der Waals surface area contributed by atoms with Gasteiger partial charge < -0.3 is 19.5 Å². The van der Waals surface area contributed by atoms with Gasteiger partial charge in [-0.05, 0) is 38.3 Å². The number of carbonyl (C=O) groups is 1. The number of phenolic OH excluding ortho intramolecular Hbond substituents is 1. The lowest BCUT2D eigenvalue weighted by Gasteiger charge is -2.36. The van der Waals surface area contributed by atoms with Crippen molar-refractivity contribution >= 4 is 11.7 Å². The number of nitrogens with zero attached hydrogens (tertiary/aromatic N) is 1. The summed E-state index contributed by atoms with van der Waals surface area (Å²) in [7, 11) is 1.35.